The maximum absolute atomic E-state index is 12.8. The molecule has 0 radical (unpaired) electrons. The van der Waals surface area contributed by atoms with E-state index in [1.165, 1.54) is 11.8 Å². The maximum Gasteiger partial charge on any atom is 0.244 e. The number of benzene rings is 2. The lowest BCUT2D eigenvalue weighted by atomic mass is 9.98. The van der Waals surface area contributed by atoms with Crippen LogP contribution in [0.1, 0.15) is 51.7 Å². The first kappa shape index (κ1) is 21.5. The molecule has 150 valence electrons. The van der Waals surface area contributed by atoms with E-state index in [1.807, 2.05) is 51.1 Å². The van der Waals surface area contributed by atoms with Crippen molar-refractivity contribution >= 4 is 23.2 Å². The molecule has 2 amide bonds. The molecule has 5 nitrogen and oxygen atoms in total. The predicted molar refractivity (Wildman–Crippen MR) is 114 cm³/mol. The zero-order chi connectivity index (χ0) is 20.8. The largest absolute Gasteiger partial charge is 0.489 e. The molecule has 0 aliphatic rings. The number of ether oxygens (including phenoxy) is 1. The average Bonchev–Trinajstić information content (AvgIpc) is 2.61. The molecule has 0 bridgehead atoms. The molecule has 5 heteroatoms. The van der Waals surface area contributed by atoms with Gasteiger partial charge in [-0.15, -0.1) is 0 Å². The van der Waals surface area contributed by atoms with Crippen molar-refractivity contribution in [2.45, 2.75) is 53.6 Å². The minimum atomic E-state index is -0.245. The van der Waals surface area contributed by atoms with Gasteiger partial charge in [0.25, 0.3) is 0 Å². The summed E-state index contributed by atoms with van der Waals surface area (Å²) in [5.41, 5.74) is 3.48. The molecule has 0 fully saturated rings. The lowest BCUT2D eigenvalue weighted by molar-refractivity contribution is -0.120. The molecule has 0 heterocycles. The smallest absolute Gasteiger partial charge is 0.244 e. The van der Waals surface area contributed by atoms with Crippen LogP contribution in [0.4, 0.5) is 11.4 Å². The molecular formula is C23H30N2O3. The first-order valence-electron chi connectivity index (χ1n) is 9.63. The van der Waals surface area contributed by atoms with Gasteiger partial charge in [0.15, 0.2) is 0 Å². The van der Waals surface area contributed by atoms with Crippen LogP contribution >= 0.6 is 0 Å². The molecule has 0 aliphatic carbocycles. The Morgan fingerprint density at radius 1 is 1.04 bits per heavy atom. The molecule has 0 unspecified atom stereocenters. The summed E-state index contributed by atoms with van der Waals surface area (Å²) in [5.74, 6) is 0.396. The third-order valence-corrected chi connectivity index (χ3v) is 4.39. The summed E-state index contributed by atoms with van der Waals surface area (Å²) in [4.78, 5) is 26.6. The van der Waals surface area contributed by atoms with Gasteiger partial charge >= 0.3 is 0 Å². The molecule has 2 aromatic carbocycles. The van der Waals surface area contributed by atoms with Gasteiger partial charge in [-0.3, -0.25) is 14.5 Å². The first-order chi connectivity index (χ1) is 13.2. The Morgan fingerprint density at radius 3 is 2.32 bits per heavy atom. The lowest BCUT2D eigenvalue weighted by Crippen LogP contribution is -2.37. The van der Waals surface area contributed by atoms with Crippen LogP contribution in [-0.4, -0.2) is 24.5 Å². The number of nitrogens with zero attached hydrogens (tertiary/aromatic N) is 1. The number of rotatable bonds is 7. The highest BCUT2D eigenvalue weighted by atomic mass is 16.5. The molecule has 0 spiro atoms. The van der Waals surface area contributed by atoms with Crippen LogP contribution < -0.4 is 15.0 Å². The number of amides is 2. The van der Waals surface area contributed by atoms with Crippen LogP contribution in [0.3, 0.4) is 0 Å². The Hall–Kier alpha value is -2.82. The highest BCUT2D eigenvalue weighted by molar-refractivity contribution is 6.03. The Morgan fingerprint density at radius 2 is 1.71 bits per heavy atom. The van der Waals surface area contributed by atoms with Crippen molar-refractivity contribution in [2.24, 2.45) is 0 Å². The number of hydrogen-bond donors (Lipinski definition) is 1. The first-order valence-corrected chi connectivity index (χ1v) is 9.63. The van der Waals surface area contributed by atoms with Gasteiger partial charge in [0.2, 0.25) is 11.8 Å². The second-order valence-electron chi connectivity index (χ2n) is 7.48. The fourth-order valence-corrected chi connectivity index (χ4v) is 3.06. The highest BCUT2D eigenvalue weighted by Gasteiger charge is 2.21. The number of aryl methyl sites for hydroxylation is 1. The lowest BCUT2D eigenvalue weighted by Gasteiger charge is -2.25. The average molecular weight is 383 g/mol. The van der Waals surface area contributed by atoms with Crippen molar-refractivity contribution in [1.82, 2.24) is 0 Å². The molecular weight excluding hydrogens is 352 g/mol. The fourth-order valence-electron chi connectivity index (χ4n) is 3.06. The van der Waals surface area contributed by atoms with E-state index in [-0.39, 0.29) is 30.4 Å². The molecule has 2 rings (SSSR count). The summed E-state index contributed by atoms with van der Waals surface area (Å²) < 4.78 is 5.82. The molecule has 0 aliphatic heterocycles. The van der Waals surface area contributed by atoms with Crippen molar-refractivity contribution in [3.8, 4) is 5.75 Å². The topological polar surface area (TPSA) is 58.6 Å². The van der Waals surface area contributed by atoms with Crippen LogP contribution in [-0.2, 0) is 9.59 Å². The maximum atomic E-state index is 12.8. The van der Waals surface area contributed by atoms with Gasteiger partial charge in [-0.1, -0.05) is 44.2 Å². The zero-order valence-electron chi connectivity index (χ0n) is 17.6. The Bertz CT molecular complexity index is 843. The van der Waals surface area contributed by atoms with Gasteiger partial charge in [-0.25, -0.2) is 0 Å². The number of hydrogen-bond acceptors (Lipinski definition) is 3. The normalized spacial score (nSPS) is 10.9. The number of anilines is 2. The van der Waals surface area contributed by atoms with Crippen molar-refractivity contribution in [3.63, 3.8) is 0 Å². The van der Waals surface area contributed by atoms with Gasteiger partial charge in [0, 0.05) is 12.6 Å². The van der Waals surface area contributed by atoms with Crippen molar-refractivity contribution in [2.75, 3.05) is 16.8 Å². The number of nitrogens with one attached hydrogen (secondary N) is 1. The van der Waals surface area contributed by atoms with Crippen LogP contribution in [0.25, 0.3) is 0 Å². The van der Waals surface area contributed by atoms with E-state index in [9.17, 15) is 9.59 Å². The standard InChI is InChI=1S/C23H30N2O3/c1-15(2)19-11-9-10-17(5)23(19)24-22(27)14-25(18(6)26)20-12-7-8-13-21(20)28-16(3)4/h7-13,15-16H,14H2,1-6H3,(H,24,27). The number of carbonyl (C=O) groups is 2. The van der Waals surface area contributed by atoms with E-state index < -0.39 is 0 Å². The van der Waals surface area contributed by atoms with Crippen molar-refractivity contribution in [3.05, 3.63) is 53.6 Å². The van der Waals surface area contributed by atoms with Crippen LogP contribution in [0.5, 0.6) is 5.75 Å². The Labute approximate surface area is 167 Å². The van der Waals surface area contributed by atoms with E-state index in [2.05, 4.69) is 19.2 Å². The number of para-hydroxylation sites is 3. The molecule has 0 atom stereocenters. The van der Waals surface area contributed by atoms with E-state index in [4.69, 9.17) is 4.74 Å². The van der Waals surface area contributed by atoms with Crippen molar-refractivity contribution in [1.29, 1.82) is 0 Å². The molecule has 1 N–H and O–H groups in total. The predicted octanol–water partition coefficient (Wildman–Crippen LogP) is 4.90. The van der Waals surface area contributed by atoms with E-state index in [0.717, 1.165) is 16.8 Å². The third-order valence-electron chi connectivity index (χ3n) is 4.39. The third kappa shape index (κ3) is 5.35. The second kappa shape index (κ2) is 9.40. The zero-order valence-corrected chi connectivity index (χ0v) is 17.6. The fraction of sp³-hybridized carbons (Fsp3) is 0.391. The summed E-state index contributed by atoms with van der Waals surface area (Å²) in [6.45, 7) is 11.4. The van der Waals surface area contributed by atoms with Crippen LogP contribution in [0.2, 0.25) is 0 Å². The SMILES string of the molecule is CC(=O)N(CC(=O)Nc1c(C)cccc1C(C)C)c1ccccc1OC(C)C. The monoisotopic (exact) mass is 382 g/mol. The Kier molecular flexibility index (Phi) is 7.21. The summed E-state index contributed by atoms with van der Waals surface area (Å²) in [6.07, 6.45) is -0.0376. The van der Waals surface area contributed by atoms with Crippen LogP contribution in [0, 0.1) is 6.92 Å². The summed E-state index contributed by atoms with van der Waals surface area (Å²) in [7, 11) is 0. The minimum absolute atomic E-state index is 0.0376. The quantitative estimate of drug-likeness (QED) is 0.741. The summed E-state index contributed by atoms with van der Waals surface area (Å²) in [5, 5.41) is 3.00. The van der Waals surface area contributed by atoms with E-state index in [1.54, 1.807) is 12.1 Å². The number of carbonyl (C=O) groups excluding carboxylic acids is 2. The van der Waals surface area contributed by atoms with E-state index in [0.29, 0.717) is 11.4 Å². The van der Waals surface area contributed by atoms with Gasteiger partial charge in [0.05, 0.1) is 11.8 Å². The van der Waals surface area contributed by atoms with Gasteiger partial charge < -0.3 is 10.1 Å². The second-order valence-corrected chi connectivity index (χ2v) is 7.48. The van der Waals surface area contributed by atoms with Crippen molar-refractivity contribution < 1.29 is 14.3 Å². The highest BCUT2D eigenvalue weighted by Crippen LogP contribution is 2.30. The molecule has 0 aromatic heterocycles. The van der Waals surface area contributed by atoms with E-state index >= 15 is 0 Å². The summed E-state index contributed by atoms with van der Waals surface area (Å²) >= 11 is 0. The van der Waals surface area contributed by atoms with Gasteiger partial charge in [-0.2, -0.15) is 0 Å². The van der Waals surface area contributed by atoms with Gasteiger partial charge in [-0.05, 0) is 49.9 Å². The Balaban J connectivity index is 2.28. The molecule has 28 heavy (non-hydrogen) atoms. The molecule has 2 aromatic rings. The molecule has 0 saturated heterocycles. The van der Waals surface area contributed by atoms with Crippen LogP contribution in [0.15, 0.2) is 42.5 Å². The van der Waals surface area contributed by atoms with Gasteiger partial charge in [0.1, 0.15) is 12.3 Å². The summed E-state index contributed by atoms with van der Waals surface area (Å²) in [6, 6.07) is 13.2. The molecule has 0 saturated carbocycles. The minimum Gasteiger partial charge on any atom is -0.489 e.